The van der Waals surface area contributed by atoms with Gasteiger partial charge in [0.15, 0.2) is 0 Å². The summed E-state index contributed by atoms with van der Waals surface area (Å²) in [5.41, 5.74) is 1.44. The molecule has 0 saturated carbocycles. The Bertz CT molecular complexity index is 1020. The van der Waals surface area contributed by atoms with Gasteiger partial charge in [-0.05, 0) is 30.4 Å². The lowest BCUT2D eigenvalue weighted by atomic mass is 10.0. The van der Waals surface area contributed by atoms with Gasteiger partial charge in [-0.3, -0.25) is 14.4 Å². The molecule has 0 saturated heterocycles. The molecule has 0 aliphatic heterocycles. The highest BCUT2D eigenvalue weighted by molar-refractivity contribution is 6.63. The van der Waals surface area contributed by atoms with E-state index >= 15 is 0 Å². The fraction of sp³-hybridized carbons (Fsp3) is 0.346. The summed E-state index contributed by atoms with van der Waals surface area (Å²) in [6.07, 6.45) is -0.533. The van der Waals surface area contributed by atoms with Crippen LogP contribution in [-0.4, -0.2) is 41.6 Å². The van der Waals surface area contributed by atoms with E-state index in [2.05, 4.69) is 10.6 Å². The van der Waals surface area contributed by atoms with Crippen LogP contribution in [0.2, 0.25) is 0 Å². The molecule has 0 aliphatic rings. The van der Waals surface area contributed by atoms with E-state index in [1.54, 1.807) is 42.5 Å². The first-order valence-corrected chi connectivity index (χ1v) is 11.2. The zero-order valence-electron chi connectivity index (χ0n) is 20.0. The van der Waals surface area contributed by atoms with Crippen molar-refractivity contribution in [1.29, 1.82) is 0 Å². The fourth-order valence-electron chi connectivity index (χ4n) is 3.08. The number of Topliss-reactive ketones (excluding diaryl/α,β-unsaturated/α-hetero) is 2. The maximum Gasteiger partial charge on any atom is 0.408 e. The third-order valence-electron chi connectivity index (χ3n) is 4.90. The van der Waals surface area contributed by atoms with Crippen molar-refractivity contribution in [3.8, 4) is 0 Å². The Morgan fingerprint density at radius 2 is 1.26 bits per heavy atom. The van der Waals surface area contributed by atoms with Crippen LogP contribution in [0, 0.1) is 5.92 Å². The van der Waals surface area contributed by atoms with Gasteiger partial charge in [-0.1, -0.05) is 74.5 Å². The fourth-order valence-corrected chi connectivity index (χ4v) is 3.08. The normalized spacial score (nSPS) is 12.2. The van der Waals surface area contributed by atoms with Crippen molar-refractivity contribution in [2.24, 2.45) is 5.92 Å². The first-order valence-electron chi connectivity index (χ1n) is 11.2. The Kier molecular flexibility index (Phi) is 10.6. The van der Waals surface area contributed by atoms with Crippen LogP contribution >= 0.6 is 0 Å². The molecule has 9 nitrogen and oxygen atoms in total. The number of benzene rings is 2. The number of ketones is 2. The molecular weight excluding hydrogens is 452 g/mol. The summed E-state index contributed by atoms with van der Waals surface area (Å²) >= 11 is 0. The molecule has 9 heteroatoms. The van der Waals surface area contributed by atoms with Crippen molar-refractivity contribution in [2.45, 2.75) is 52.5 Å². The summed E-state index contributed by atoms with van der Waals surface area (Å²) in [6.45, 7) is 4.86. The molecule has 2 aromatic rings. The molecule has 0 heterocycles. The van der Waals surface area contributed by atoms with Gasteiger partial charge in [0.2, 0.25) is 11.7 Å². The Balaban J connectivity index is 1.89. The average Bonchev–Trinajstić information content (AvgIpc) is 2.85. The first kappa shape index (κ1) is 27.2. The number of esters is 1. The molecule has 2 rings (SSSR count). The summed E-state index contributed by atoms with van der Waals surface area (Å²) in [5.74, 6) is -4.44. The largest absolute Gasteiger partial charge is 0.455 e. The van der Waals surface area contributed by atoms with Gasteiger partial charge in [0, 0.05) is 0 Å². The third-order valence-corrected chi connectivity index (χ3v) is 4.90. The van der Waals surface area contributed by atoms with Crippen molar-refractivity contribution in [1.82, 2.24) is 10.6 Å². The predicted octanol–water partition coefficient (Wildman–Crippen LogP) is 2.71. The molecule has 2 amide bonds. The zero-order chi connectivity index (χ0) is 25.8. The highest BCUT2D eigenvalue weighted by atomic mass is 16.5. The summed E-state index contributed by atoms with van der Waals surface area (Å²) in [4.78, 5) is 61.5. The van der Waals surface area contributed by atoms with Gasteiger partial charge in [-0.15, -0.1) is 0 Å². The summed E-state index contributed by atoms with van der Waals surface area (Å²) in [6, 6.07) is 15.4. The van der Waals surface area contributed by atoms with E-state index < -0.39 is 41.6 Å². The van der Waals surface area contributed by atoms with E-state index in [4.69, 9.17) is 9.47 Å². The van der Waals surface area contributed by atoms with Gasteiger partial charge in [0.05, 0.1) is 6.04 Å². The molecule has 0 aromatic heterocycles. The lowest BCUT2D eigenvalue weighted by Gasteiger charge is -2.21. The topological polar surface area (TPSA) is 128 Å². The minimum Gasteiger partial charge on any atom is -0.455 e. The summed E-state index contributed by atoms with van der Waals surface area (Å²) in [7, 11) is 0. The maximum atomic E-state index is 12.7. The minimum absolute atomic E-state index is 0.0250. The number of amides is 2. The van der Waals surface area contributed by atoms with Crippen LogP contribution in [0.15, 0.2) is 60.7 Å². The lowest BCUT2D eigenvalue weighted by Crippen LogP contribution is -2.52. The Labute approximate surface area is 204 Å². The van der Waals surface area contributed by atoms with Crippen LogP contribution in [0.3, 0.4) is 0 Å². The number of alkyl carbamates (subject to hydrolysis) is 1. The number of ether oxygens (including phenoxy) is 2. The van der Waals surface area contributed by atoms with E-state index in [0.717, 1.165) is 5.56 Å². The second-order valence-electron chi connectivity index (χ2n) is 8.37. The van der Waals surface area contributed by atoms with Gasteiger partial charge >= 0.3 is 17.8 Å². The number of carbonyl (C=O) groups is 5. The quantitative estimate of drug-likeness (QED) is 0.270. The van der Waals surface area contributed by atoms with E-state index in [9.17, 15) is 24.0 Å². The van der Waals surface area contributed by atoms with E-state index in [1.165, 1.54) is 6.92 Å². The third kappa shape index (κ3) is 9.40. The van der Waals surface area contributed by atoms with Crippen LogP contribution in [0.1, 0.15) is 38.3 Å². The molecule has 0 spiro atoms. The van der Waals surface area contributed by atoms with Gasteiger partial charge in [0.1, 0.15) is 19.3 Å². The van der Waals surface area contributed by atoms with Crippen molar-refractivity contribution in [3.63, 3.8) is 0 Å². The van der Waals surface area contributed by atoms with E-state index in [-0.39, 0.29) is 25.6 Å². The average molecular weight is 483 g/mol. The molecule has 0 bridgehead atoms. The molecule has 0 unspecified atom stereocenters. The van der Waals surface area contributed by atoms with E-state index in [1.807, 2.05) is 32.0 Å². The zero-order valence-corrected chi connectivity index (χ0v) is 20.0. The smallest absolute Gasteiger partial charge is 0.408 e. The van der Waals surface area contributed by atoms with Crippen LogP contribution in [0.4, 0.5) is 4.79 Å². The minimum atomic E-state index is -1.37. The number of rotatable bonds is 12. The SMILES string of the molecule is CC(C)C[C@H](NC(=O)OCc1ccccc1)C(=O)N[C@@H](C)C(=O)C(=O)C(=O)OCc1ccccc1. The van der Waals surface area contributed by atoms with Crippen LogP contribution in [0.25, 0.3) is 0 Å². The van der Waals surface area contributed by atoms with Gasteiger partial charge in [-0.25, -0.2) is 9.59 Å². The number of nitrogens with one attached hydrogen (secondary N) is 2. The predicted molar refractivity (Wildman–Crippen MR) is 127 cm³/mol. The van der Waals surface area contributed by atoms with Crippen LogP contribution < -0.4 is 10.6 Å². The van der Waals surface area contributed by atoms with Crippen molar-refractivity contribution in [3.05, 3.63) is 71.8 Å². The molecule has 0 fully saturated rings. The number of hydrogen-bond donors (Lipinski definition) is 2. The second-order valence-corrected chi connectivity index (χ2v) is 8.37. The van der Waals surface area contributed by atoms with Crippen LogP contribution in [-0.2, 0) is 41.9 Å². The molecule has 0 aliphatic carbocycles. The van der Waals surface area contributed by atoms with Crippen LogP contribution in [0.5, 0.6) is 0 Å². The Hall–Kier alpha value is -4.01. The molecule has 35 heavy (non-hydrogen) atoms. The summed E-state index contributed by atoms with van der Waals surface area (Å²) in [5, 5.41) is 4.88. The molecule has 2 aromatic carbocycles. The van der Waals surface area contributed by atoms with Gasteiger partial charge in [-0.2, -0.15) is 0 Å². The molecule has 0 radical (unpaired) electrons. The number of carbonyl (C=O) groups excluding carboxylic acids is 5. The lowest BCUT2D eigenvalue weighted by molar-refractivity contribution is -0.158. The molecule has 186 valence electrons. The Morgan fingerprint density at radius 1 is 0.743 bits per heavy atom. The van der Waals surface area contributed by atoms with Crippen molar-refractivity contribution in [2.75, 3.05) is 0 Å². The van der Waals surface area contributed by atoms with Gasteiger partial charge < -0.3 is 20.1 Å². The molecule has 2 atom stereocenters. The summed E-state index contributed by atoms with van der Waals surface area (Å²) < 4.78 is 10.1. The highest BCUT2D eigenvalue weighted by Gasteiger charge is 2.32. The second kappa shape index (κ2) is 13.6. The van der Waals surface area contributed by atoms with Crippen molar-refractivity contribution < 1.29 is 33.4 Å². The van der Waals surface area contributed by atoms with Crippen molar-refractivity contribution >= 4 is 29.5 Å². The number of hydrogen-bond acceptors (Lipinski definition) is 7. The first-order chi connectivity index (χ1) is 16.7. The highest BCUT2D eigenvalue weighted by Crippen LogP contribution is 2.08. The monoisotopic (exact) mass is 482 g/mol. The van der Waals surface area contributed by atoms with Gasteiger partial charge in [0.25, 0.3) is 0 Å². The molecule has 2 N–H and O–H groups in total. The van der Waals surface area contributed by atoms with E-state index in [0.29, 0.717) is 5.56 Å². The standard InChI is InChI=1S/C26H30N2O7/c1-17(2)14-21(28-26(33)35-16-20-12-8-5-9-13-20)24(31)27-18(3)22(29)23(30)25(32)34-15-19-10-6-4-7-11-19/h4-13,17-18,21H,14-16H2,1-3H3,(H,27,31)(H,28,33)/t18-,21-/m0/s1. The molecular formula is C26H30N2O7. The maximum absolute atomic E-state index is 12.7. The Morgan fingerprint density at radius 3 is 1.77 bits per heavy atom.